The Hall–Kier alpha value is -1.32. The maximum Gasteiger partial charge on any atom is 0.218 e. The molecule has 12 heavy (non-hydrogen) atoms. The van der Waals surface area contributed by atoms with Crippen molar-refractivity contribution in [3.8, 4) is 6.07 Å². The van der Waals surface area contributed by atoms with E-state index in [1.54, 1.807) is 5.38 Å². The molecule has 0 saturated heterocycles. The van der Waals surface area contributed by atoms with Crippen LogP contribution in [0.3, 0.4) is 0 Å². The number of nitrogens with zero attached hydrogens (tertiary/aromatic N) is 2. The van der Waals surface area contributed by atoms with E-state index in [2.05, 4.69) is 4.85 Å². The van der Waals surface area contributed by atoms with Gasteiger partial charge in [0.1, 0.15) is 0 Å². The first kappa shape index (κ1) is 8.77. The molecule has 0 unspecified atom stereocenters. The summed E-state index contributed by atoms with van der Waals surface area (Å²) in [5, 5.41) is 10.4. The standard InChI is InChI=1S/C9H8N2S/c1-6(2)9-8(11-3)7(4-10)5-12-9/h5-6H,1-2H3. The summed E-state index contributed by atoms with van der Waals surface area (Å²) in [5.41, 5.74) is 1.05. The summed E-state index contributed by atoms with van der Waals surface area (Å²) in [5.74, 6) is 0.334. The van der Waals surface area contributed by atoms with Gasteiger partial charge in [0.15, 0.2) is 0 Å². The summed E-state index contributed by atoms with van der Waals surface area (Å²) in [6, 6.07) is 2.02. The zero-order chi connectivity index (χ0) is 9.14. The highest BCUT2D eigenvalue weighted by Gasteiger charge is 2.13. The minimum Gasteiger partial charge on any atom is -0.236 e. The van der Waals surface area contributed by atoms with Crippen LogP contribution < -0.4 is 0 Å². The van der Waals surface area contributed by atoms with Gasteiger partial charge in [-0.15, -0.1) is 0 Å². The Bertz CT molecular complexity index is 363. The average Bonchev–Trinajstić information content (AvgIpc) is 2.46. The lowest BCUT2D eigenvalue weighted by Crippen LogP contribution is -1.80. The second kappa shape index (κ2) is 3.38. The molecule has 0 aliphatic carbocycles. The number of hydrogen-bond donors (Lipinski definition) is 0. The highest BCUT2D eigenvalue weighted by molar-refractivity contribution is 7.10. The third-order valence-electron chi connectivity index (χ3n) is 1.55. The third kappa shape index (κ3) is 1.32. The molecular formula is C9H8N2S. The zero-order valence-electron chi connectivity index (χ0n) is 6.96. The summed E-state index contributed by atoms with van der Waals surface area (Å²) in [4.78, 5) is 4.38. The largest absolute Gasteiger partial charge is 0.236 e. The minimum atomic E-state index is 0.334. The fourth-order valence-electron chi connectivity index (χ4n) is 0.971. The lowest BCUT2D eigenvalue weighted by atomic mass is 10.1. The van der Waals surface area contributed by atoms with Gasteiger partial charge in [0.2, 0.25) is 5.69 Å². The van der Waals surface area contributed by atoms with Crippen molar-refractivity contribution in [2.75, 3.05) is 0 Å². The van der Waals surface area contributed by atoms with Crippen LogP contribution in [0, 0.1) is 17.9 Å². The summed E-state index contributed by atoms with van der Waals surface area (Å²) in [6.07, 6.45) is 0. The number of nitriles is 1. The van der Waals surface area contributed by atoms with Crippen LogP contribution in [0.15, 0.2) is 5.38 Å². The van der Waals surface area contributed by atoms with Crippen LogP contribution in [-0.4, -0.2) is 0 Å². The van der Waals surface area contributed by atoms with E-state index >= 15 is 0 Å². The van der Waals surface area contributed by atoms with Crippen molar-refractivity contribution in [1.82, 2.24) is 0 Å². The molecule has 0 atom stereocenters. The van der Waals surface area contributed by atoms with E-state index in [9.17, 15) is 0 Å². The van der Waals surface area contributed by atoms with E-state index in [1.807, 2.05) is 19.9 Å². The van der Waals surface area contributed by atoms with Gasteiger partial charge in [0, 0.05) is 4.88 Å². The van der Waals surface area contributed by atoms with Gasteiger partial charge in [-0.25, -0.2) is 4.85 Å². The average molecular weight is 176 g/mol. The zero-order valence-corrected chi connectivity index (χ0v) is 7.77. The predicted molar refractivity (Wildman–Crippen MR) is 49.4 cm³/mol. The Kier molecular flexibility index (Phi) is 2.47. The number of hydrogen-bond acceptors (Lipinski definition) is 2. The van der Waals surface area contributed by atoms with Crippen molar-refractivity contribution in [3.63, 3.8) is 0 Å². The molecule has 0 aliphatic rings. The molecule has 3 heteroatoms. The lowest BCUT2D eigenvalue weighted by molar-refractivity contribution is 0.893. The SMILES string of the molecule is [C-]#[N+]c1c(C#N)csc1C(C)C. The Labute approximate surface area is 75.9 Å². The predicted octanol–water partition coefficient (Wildman–Crippen LogP) is 3.29. The Balaban J connectivity index is 3.28. The molecule has 60 valence electrons. The fraction of sp³-hybridized carbons (Fsp3) is 0.333. The Morgan fingerprint density at radius 2 is 2.33 bits per heavy atom. The van der Waals surface area contributed by atoms with Crippen LogP contribution in [0.25, 0.3) is 4.85 Å². The summed E-state index contributed by atoms with van der Waals surface area (Å²) in [6.45, 7) is 11.0. The van der Waals surface area contributed by atoms with Gasteiger partial charge in [-0.05, 0) is 11.3 Å². The maximum atomic E-state index is 8.66. The number of rotatable bonds is 1. The van der Waals surface area contributed by atoms with Crippen molar-refractivity contribution in [3.05, 3.63) is 27.2 Å². The first-order chi connectivity index (χ1) is 5.70. The van der Waals surface area contributed by atoms with E-state index in [0.29, 0.717) is 17.2 Å². The molecule has 0 bridgehead atoms. The van der Waals surface area contributed by atoms with Gasteiger partial charge in [-0.1, -0.05) is 13.8 Å². The quantitative estimate of drug-likeness (QED) is 0.603. The summed E-state index contributed by atoms with van der Waals surface area (Å²) >= 11 is 1.50. The van der Waals surface area contributed by atoms with Crippen LogP contribution in [0.4, 0.5) is 5.69 Å². The van der Waals surface area contributed by atoms with Gasteiger partial charge in [-0.3, -0.25) is 0 Å². The summed E-state index contributed by atoms with van der Waals surface area (Å²) in [7, 11) is 0. The topological polar surface area (TPSA) is 28.1 Å². The van der Waals surface area contributed by atoms with E-state index in [4.69, 9.17) is 11.8 Å². The van der Waals surface area contributed by atoms with Gasteiger partial charge in [0.05, 0.1) is 18.2 Å². The maximum absolute atomic E-state index is 8.66. The molecule has 1 aromatic rings. The van der Waals surface area contributed by atoms with Crippen LogP contribution in [-0.2, 0) is 0 Å². The van der Waals surface area contributed by atoms with E-state index < -0.39 is 0 Å². The smallest absolute Gasteiger partial charge is 0.218 e. The Morgan fingerprint density at radius 1 is 1.67 bits per heavy atom. The van der Waals surface area contributed by atoms with Crippen molar-refractivity contribution >= 4 is 17.0 Å². The molecule has 0 fully saturated rings. The second-order valence-electron chi connectivity index (χ2n) is 2.74. The molecule has 0 spiro atoms. The third-order valence-corrected chi connectivity index (χ3v) is 2.82. The van der Waals surface area contributed by atoms with Crippen LogP contribution in [0.1, 0.15) is 30.2 Å². The molecule has 1 heterocycles. The van der Waals surface area contributed by atoms with E-state index in [1.165, 1.54) is 11.3 Å². The lowest BCUT2D eigenvalue weighted by Gasteiger charge is -1.99. The van der Waals surface area contributed by atoms with Crippen molar-refractivity contribution < 1.29 is 0 Å². The van der Waals surface area contributed by atoms with Gasteiger partial charge in [-0.2, -0.15) is 16.6 Å². The highest BCUT2D eigenvalue weighted by Crippen LogP contribution is 2.35. The number of thiophene rings is 1. The molecule has 0 radical (unpaired) electrons. The molecule has 0 N–H and O–H groups in total. The van der Waals surface area contributed by atoms with Gasteiger partial charge < -0.3 is 0 Å². The molecule has 0 amide bonds. The van der Waals surface area contributed by atoms with Crippen LogP contribution >= 0.6 is 11.3 Å². The van der Waals surface area contributed by atoms with Crippen LogP contribution in [0.2, 0.25) is 0 Å². The molecular weight excluding hydrogens is 168 g/mol. The van der Waals surface area contributed by atoms with Crippen molar-refractivity contribution in [1.29, 1.82) is 5.26 Å². The normalized spacial score (nSPS) is 9.42. The minimum absolute atomic E-state index is 0.334. The first-order valence-corrected chi connectivity index (χ1v) is 4.47. The molecule has 2 nitrogen and oxygen atoms in total. The van der Waals surface area contributed by atoms with Crippen molar-refractivity contribution in [2.45, 2.75) is 19.8 Å². The molecule has 0 aromatic carbocycles. The van der Waals surface area contributed by atoms with E-state index in [-0.39, 0.29) is 0 Å². The van der Waals surface area contributed by atoms with Gasteiger partial charge >= 0.3 is 0 Å². The first-order valence-electron chi connectivity index (χ1n) is 3.59. The van der Waals surface area contributed by atoms with Crippen molar-refractivity contribution in [2.24, 2.45) is 0 Å². The Morgan fingerprint density at radius 3 is 2.75 bits per heavy atom. The molecule has 0 aliphatic heterocycles. The molecule has 0 saturated carbocycles. The van der Waals surface area contributed by atoms with Crippen LogP contribution in [0.5, 0.6) is 0 Å². The second-order valence-corrected chi connectivity index (χ2v) is 3.65. The van der Waals surface area contributed by atoms with Gasteiger partial charge in [0.25, 0.3) is 0 Å². The van der Waals surface area contributed by atoms with E-state index in [0.717, 1.165) is 4.88 Å². The monoisotopic (exact) mass is 176 g/mol. The fourth-order valence-corrected chi connectivity index (χ4v) is 1.92. The summed E-state index contributed by atoms with van der Waals surface area (Å²) < 4.78 is 0. The highest BCUT2D eigenvalue weighted by atomic mass is 32.1. The molecule has 1 aromatic heterocycles. The molecule has 1 rings (SSSR count).